The van der Waals surface area contributed by atoms with Gasteiger partial charge < -0.3 is 4.90 Å². The number of nitrogens with one attached hydrogen (secondary N) is 1. The monoisotopic (exact) mass is 446 g/mol. The molecule has 0 aliphatic carbocycles. The van der Waals surface area contributed by atoms with E-state index in [2.05, 4.69) is 20.7 Å². The maximum atomic E-state index is 13.8. The normalized spacial score (nSPS) is 12.7. The number of hydrogen-bond donors (Lipinski definition) is 1. The summed E-state index contributed by atoms with van der Waals surface area (Å²) >= 11 is 3.23. The summed E-state index contributed by atoms with van der Waals surface area (Å²) in [4.78, 5) is 13.1. The van der Waals surface area contributed by atoms with Gasteiger partial charge in [-0.3, -0.25) is 4.79 Å². The van der Waals surface area contributed by atoms with Crippen LogP contribution in [0.25, 0.3) is 0 Å². The van der Waals surface area contributed by atoms with Crippen molar-refractivity contribution in [3.8, 4) is 0 Å². The minimum absolute atomic E-state index is 0.0458. The Labute approximate surface area is 159 Å². The second-order valence-corrected chi connectivity index (χ2v) is 8.30. The van der Waals surface area contributed by atoms with E-state index in [1.54, 1.807) is 0 Å². The third-order valence-corrected chi connectivity index (χ3v) is 5.69. The van der Waals surface area contributed by atoms with E-state index in [0.717, 1.165) is 12.1 Å². The predicted molar refractivity (Wildman–Crippen MR) is 96.8 cm³/mol. The van der Waals surface area contributed by atoms with Crippen molar-refractivity contribution < 1.29 is 22.0 Å². The molecule has 1 N–H and O–H groups in total. The molecule has 0 aliphatic heterocycles. The molecule has 0 heterocycles. The molecule has 0 radical (unpaired) electrons. The average Bonchev–Trinajstić information content (AvgIpc) is 2.57. The minimum atomic E-state index is -4.21. The molecule has 2 aromatic carbocycles. The Morgan fingerprint density at radius 3 is 2.50 bits per heavy atom. The molecule has 0 fully saturated rings. The molecular formula is C17H17BrF2N2O3S. The molecule has 0 aliphatic rings. The van der Waals surface area contributed by atoms with Crippen LogP contribution in [0.3, 0.4) is 0 Å². The van der Waals surface area contributed by atoms with Crippen LogP contribution in [0.2, 0.25) is 0 Å². The Balaban J connectivity index is 2.11. The van der Waals surface area contributed by atoms with Gasteiger partial charge in [0.25, 0.3) is 0 Å². The number of likely N-dealkylation sites (N-methyl/N-ethyl adjacent to an activating group) is 1. The Morgan fingerprint density at radius 1 is 1.19 bits per heavy atom. The molecule has 26 heavy (non-hydrogen) atoms. The van der Waals surface area contributed by atoms with Gasteiger partial charge >= 0.3 is 0 Å². The van der Waals surface area contributed by atoms with Gasteiger partial charge in [0.2, 0.25) is 15.9 Å². The third kappa shape index (κ3) is 4.87. The maximum Gasteiger partial charge on any atom is 0.244 e. The Kier molecular flexibility index (Phi) is 6.48. The lowest BCUT2D eigenvalue weighted by molar-refractivity contribution is -0.131. The van der Waals surface area contributed by atoms with Gasteiger partial charge in [-0.2, -0.15) is 4.72 Å². The van der Waals surface area contributed by atoms with E-state index in [1.807, 2.05) is 0 Å². The fourth-order valence-corrected chi connectivity index (χ4v) is 4.02. The van der Waals surface area contributed by atoms with Crippen LogP contribution in [0, 0.1) is 11.6 Å². The van der Waals surface area contributed by atoms with Crippen LogP contribution in [0.5, 0.6) is 0 Å². The van der Waals surface area contributed by atoms with E-state index in [4.69, 9.17) is 0 Å². The van der Waals surface area contributed by atoms with Crippen molar-refractivity contribution in [2.24, 2.45) is 0 Å². The highest BCUT2D eigenvalue weighted by molar-refractivity contribution is 9.10. The lowest BCUT2D eigenvalue weighted by atomic mass is 10.2. The molecule has 5 nitrogen and oxygen atoms in total. The molecule has 0 saturated heterocycles. The van der Waals surface area contributed by atoms with Crippen LogP contribution in [-0.4, -0.2) is 32.3 Å². The number of carbonyl (C=O) groups excluding carboxylic acids is 1. The number of halogens is 3. The van der Waals surface area contributed by atoms with Gasteiger partial charge in [0.1, 0.15) is 16.5 Å². The lowest BCUT2D eigenvalue weighted by Gasteiger charge is -2.22. The second kappa shape index (κ2) is 8.24. The Hall–Kier alpha value is -1.84. The molecule has 140 valence electrons. The zero-order chi connectivity index (χ0) is 19.5. The highest BCUT2D eigenvalue weighted by Gasteiger charge is 2.26. The number of benzene rings is 2. The summed E-state index contributed by atoms with van der Waals surface area (Å²) in [6.07, 6.45) is 0. The molecule has 0 spiro atoms. The predicted octanol–water partition coefficient (Wildman–Crippen LogP) is 3.05. The first-order valence-corrected chi connectivity index (χ1v) is 9.85. The van der Waals surface area contributed by atoms with Crippen LogP contribution in [0.4, 0.5) is 8.78 Å². The molecule has 1 amide bonds. The van der Waals surface area contributed by atoms with Crippen molar-refractivity contribution in [2.75, 3.05) is 7.05 Å². The van der Waals surface area contributed by atoms with Crippen molar-refractivity contribution in [3.63, 3.8) is 0 Å². The first-order chi connectivity index (χ1) is 12.1. The summed E-state index contributed by atoms with van der Waals surface area (Å²) in [5, 5.41) is 0. The summed E-state index contributed by atoms with van der Waals surface area (Å²) < 4.78 is 54.8. The van der Waals surface area contributed by atoms with E-state index in [1.165, 1.54) is 49.2 Å². The lowest BCUT2D eigenvalue weighted by Crippen LogP contribution is -2.45. The molecule has 0 bridgehead atoms. The molecule has 9 heteroatoms. The van der Waals surface area contributed by atoms with Gasteiger partial charge in [-0.05, 0) is 37.3 Å². The van der Waals surface area contributed by atoms with Gasteiger partial charge in [-0.25, -0.2) is 17.2 Å². The third-order valence-electron chi connectivity index (χ3n) is 3.62. The number of sulfonamides is 1. The zero-order valence-corrected chi connectivity index (χ0v) is 16.4. The smallest absolute Gasteiger partial charge is 0.244 e. The molecule has 0 aromatic heterocycles. The molecular weight excluding hydrogens is 430 g/mol. The van der Waals surface area contributed by atoms with Crippen molar-refractivity contribution in [1.82, 2.24) is 9.62 Å². The fraction of sp³-hybridized carbons (Fsp3) is 0.235. The Morgan fingerprint density at radius 2 is 1.85 bits per heavy atom. The number of amides is 1. The Bertz CT molecular complexity index is 922. The standard InChI is InChI=1S/C17H17BrF2N2O3S/c1-11(21-26(24,25)16-6-4-3-5-15(16)20)17(23)22(2)10-12-9-13(18)7-8-14(12)19/h3-9,11,21H,10H2,1-2H3/t11-/m0/s1. The van der Waals surface area contributed by atoms with Crippen molar-refractivity contribution in [2.45, 2.75) is 24.4 Å². The number of nitrogens with zero attached hydrogens (tertiary/aromatic N) is 1. The average molecular weight is 447 g/mol. The van der Waals surface area contributed by atoms with Gasteiger partial charge in [-0.15, -0.1) is 0 Å². The quantitative estimate of drug-likeness (QED) is 0.741. The zero-order valence-electron chi connectivity index (χ0n) is 14.0. The van der Waals surface area contributed by atoms with Crippen LogP contribution in [-0.2, 0) is 21.4 Å². The SMILES string of the molecule is C[C@H](NS(=O)(=O)c1ccccc1F)C(=O)N(C)Cc1cc(Br)ccc1F. The van der Waals surface area contributed by atoms with Crippen LogP contribution < -0.4 is 4.72 Å². The van der Waals surface area contributed by atoms with Gasteiger partial charge in [0.15, 0.2) is 0 Å². The molecule has 2 aromatic rings. The first-order valence-electron chi connectivity index (χ1n) is 7.57. The molecule has 1 atom stereocenters. The van der Waals surface area contributed by atoms with Gasteiger partial charge in [-0.1, -0.05) is 28.1 Å². The van der Waals surface area contributed by atoms with Crippen molar-refractivity contribution >= 4 is 31.9 Å². The van der Waals surface area contributed by atoms with E-state index in [9.17, 15) is 22.0 Å². The molecule has 2 rings (SSSR count). The fourth-order valence-electron chi connectivity index (χ4n) is 2.34. The number of hydrogen-bond acceptors (Lipinski definition) is 3. The topological polar surface area (TPSA) is 66.5 Å². The maximum absolute atomic E-state index is 13.8. The minimum Gasteiger partial charge on any atom is -0.340 e. The van der Waals surface area contributed by atoms with Crippen LogP contribution in [0.1, 0.15) is 12.5 Å². The van der Waals surface area contributed by atoms with E-state index >= 15 is 0 Å². The second-order valence-electron chi connectivity index (χ2n) is 5.70. The summed E-state index contributed by atoms with van der Waals surface area (Å²) in [7, 11) is -2.78. The largest absolute Gasteiger partial charge is 0.340 e. The van der Waals surface area contributed by atoms with E-state index in [-0.39, 0.29) is 12.1 Å². The number of rotatable bonds is 6. The molecule has 0 unspecified atom stereocenters. The number of carbonyl (C=O) groups is 1. The summed E-state index contributed by atoms with van der Waals surface area (Å²) in [6.45, 7) is 1.30. The van der Waals surface area contributed by atoms with E-state index in [0.29, 0.717) is 4.47 Å². The van der Waals surface area contributed by atoms with Crippen molar-refractivity contribution in [3.05, 3.63) is 64.1 Å². The summed E-state index contributed by atoms with van der Waals surface area (Å²) in [6, 6.07) is 8.05. The first kappa shape index (κ1) is 20.5. The van der Waals surface area contributed by atoms with Crippen LogP contribution >= 0.6 is 15.9 Å². The van der Waals surface area contributed by atoms with Gasteiger partial charge in [0.05, 0.1) is 6.04 Å². The molecule has 0 saturated carbocycles. The van der Waals surface area contributed by atoms with Crippen LogP contribution in [0.15, 0.2) is 51.8 Å². The van der Waals surface area contributed by atoms with Crippen molar-refractivity contribution in [1.29, 1.82) is 0 Å². The highest BCUT2D eigenvalue weighted by atomic mass is 79.9. The summed E-state index contributed by atoms with van der Waals surface area (Å²) in [5.41, 5.74) is 0.277. The summed E-state index contributed by atoms with van der Waals surface area (Å²) in [5.74, 6) is -1.97. The van der Waals surface area contributed by atoms with Gasteiger partial charge in [0, 0.05) is 23.6 Å². The highest BCUT2D eigenvalue weighted by Crippen LogP contribution is 2.18. The van der Waals surface area contributed by atoms with E-state index < -0.39 is 38.5 Å².